The summed E-state index contributed by atoms with van der Waals surface area (Å²) in [5, 5.41) is 8.48. The van der Waals surface area contributed by atoms with E-state index in [0.29, 0.717) is 6.42 Å². The number of ether oxygens (including phenoxy) is 2. The predicted octanol–water partition coefficient (Wildman–Crippen LogP) is 2.14. The van der Waals surface area contributed by atoms with Crippen LogP contribution in [0.15, 0.2) is 11.6 Å². The van der Waals surface area contributed by atoms with Crippen molar-refractivity contribution in [3.63, 3.8) is 0 Å². The Balaban J connectivity index is 1.89. The highest BCUT2D eigenvalue weighted by Gasteiger charge is 2.37. The molecule has 1 aliphatic carbocycles. The lowest BCUT2D eigenvalue weighted by atomic mass is 9.92. The van der Waals surface area contributed by atoms with Crippen molar-refractivity contribution in [1.29, 1.82) is 5.26 Å². The van der Waals surface area contributed by atoms with E-state index in [-0.39, 0.29) is 5.79 Å². The van der Waals surface area contributed by atoms with Gasteiger partial charge in [-0.2, -0.15) is 5.26 Å². The molecule has 0 N–H and O–H groups in total. The van der Waals surface area contributed by atoms with Crippen LogP contribution in [0.4, 0.5) is 0 Å². The summed E-state index contributed by atoms with van der Waals surface area (Å²) >= 11 is 0. The lowest BCUT2D eigenvalue weighted by molar-refractivity contribution is -0.161. The maximum Gasteiger partial charge on any atom is 0.172 e. The van der Waals surface area contributed by atoms with Crippen molar-refractivity contribution in [1.82, 2.24) is 0 Å². The summed E-state index contributed by atoms with van der Waals surface area (Å²) in [4.78, 5) is 0. The van der Waals surface area contributed by atoms with Crippen LogP contribution in [0.3, 0.4) is 0 Å². The zero-order valence-electron chi connectivity index (χ0n) is 8.29. The van der Waals surface area contributed by atoms with Crippen molar-refractivity contribution in [2.75, 3.05) is 13.2 Å². The van der Waals surface area contributed by atoms with E-state index >= 15 is 0 Å². The third-order valence-corrected chi connectivity index (χ3v) is 2.90. The Morgan fingerprint density at radius 3 is 2.79 bits per heavy atom. The lowest BCUT2D eigenvalue weighted by Crippen LogP contribution is -2.31. The molecule has 0 aromatic heterocycles. The second-order valence-corrected chi connectivity index (χ2v) is 3.83. The fourth-order valence-corrected chi connectivity index (χ4v) is 2.06. The Morgan fingerprint density at radius 1 is 1.43 bits per heavy atom. The molecule has 0 saturated carbocycles. The monoisotopic (exact) mass is 193 g/mol. The molecule has 3 nitrogen and oxygen atoms in total. The second kappa shape index (κ2) is 4.12. The van der Waals surface area contributed by atoms with E-state index in [2.05, 4.69) is 12.1 Å². The van der Waals surface area contributed by atoms with Crippen LogP contribution in [-0.2, 0) is 9.47 Å². The van der Waals surface area contributed by atoms with Crippen molar-refractivity contribution in [3.8, 4) is 6.07 Å². The highest BCUT2D eigenvalue weighted by Crippen LogP contribution is 2.35. The van der Waals surface area contributed by atoms with Crippen LogP contribution in [0.5, 0.6) is 0 Å². The molecule has 2 rings (SSSR count). The largest absolute Gasteiger partial charge is 0.347 e. The van der Waals surface area contributed by atoms with E-state index in [1.807, 2.05) is 0 Å². The van der Waals surface area contributed by atoms with Gasteiger partial charge in [-0.05, 0) is 12.8 Å². The third kappa shape index (κ3) is 1.97. The summed E-state index contributed by atoms with van der Waals surface area (Å²) in [5.74, 6) is -0.309. The predicted molar refractivity (Wildman–Crippen MR) is 51.4 cm³/mol. The van der Waals surface area contributed by atoms with Gasteiger partial charge in [0.25, 0.3) is 0 Å². The van der Waals surface area contributed by atoms with E-state index < -0.39 is 0 Å². The third-order valence-electron chi connectivity index (χ3n) is 2.90. The van der Waals surface area contributed by atoms with Crippen LogP contribution >= 0.6 is 0 Å². The van der Waals surface area contributed by atoms with Crippen molar-refractivity contribution >= 4 is 0 Å². The van der Waals surface area contributed by atoms with Gasteiger partial charge >= 0.3 is 0 Å². The molecule has 0 bridgehead atoms. The average molecular weight is 193 g/mol. The summed E-state index contributed by atoms with van der Waals surface area (Å²) < 4.78 is 11.2. The van der Waals surface area contributed by atoms with Crippen LogP contribution < -0.4 is 0 Å². The minimum atomic E-state index is -0.309. The normalized spacial score (nSPS) is 24.6. The molecule has 0 aromatic carbocycles. The number of hydrogen-bond acceptors (Lipinski definition) is 3. The van der Waals surface area contributed by atoms with Crippen LogP contribution in [0, 0.1) is 11.3 Å². The Bertz CT molecular complexity index is 272. The van der Waals surface area contributed by atoms with Gasteiger partial charge in [-0.1, -0.05) is 11.6 Å². The summed E-state index contributed by atoms with van der Waals surface area (Å²) in [6.07, 6.45) is 6.54. The van der Waals surface area contributed by atoms with Gasteiger partial charge < -0.3 is 9.47 Å². The Morgan fingerprint density at radius 2 is 2.21 bits per heavy atom. The van der Waals surface area contributed by atoms with Crippen molar-refractivity contribution in [2.45, 2.75) is 37.9 Å². The number of allylic oxidation sites excluding steroid dienone is 1. The molecule has 1 aliphatic heterocycles. The minimum absolute atomic E-state index is 0.309. The molecule has 3 heteroatoms. The van der Waals surface area contributed by atoms with E-state index in [0.717, 1.165) is 38.9 Å². The fraction of sp³-hybridized carbons (Fsp3) is 0.727. The SMILES string of the molecule is N#CCCC1=CCC2(CC1)OCCO2. The van der Waals surface area contributed by atoms with Gasteiger partial charge in [0.1, 0.15) is 0 Å². The fourth-order valence-electron chi connectivity index (χ4n) is 2.06. The first-order chi connectivity index (χ1) is 6.85. The number of hydrogen-bond donors (Lipinski definition) is 0. The van der Waals surface area contributed by atoms with Gasteiger partial charge in [-0.15, -0.1) is 0 Å². The van der Waals surface area contributed by atoms with Crippen molar-refractivity contribution < 1.29 is 9.47 Å². The summed E-state index contributed by atoms with van der Waals surface area (Å²) in [6.45, 7) is 1.45. The number of nitrogens with zero attached hydrogens (tertiary/aromatic N) is 1. The highest BCUT2D eigenvalue weighted by atomic mass is 16.7. The molecule has 1 heterocycles. The second-order valence-electron chi connectivity index (χ2n) is 3.83. The Kier molecular flexibility index (Phi) is 2.85. The van der Waals surface area contributed by atoms with Gasteiger partial charge in [0.2, 0.25) is 0 Å². The average Bonchev–Trinajstić information content (AvgIpc) is 2.66. The first-order valence-electron chi connectivity index (χ1n) is 5.17. The maximum absolute atomic E-state index is 8.48. The van der Waals surface area contributed by atoms with Crippen molar-refractivity contribution in [3.05, 3.63) is 11.6 Å². The Labute approximate surface area is 84.3 Å². The number of rotatable bonds is 2. The van der Waals surface area contributed by atoms with Gasteiger partial charge in [0.05, 0.1) is 19.3 Å². The highest BCUT2D eigenvalue weighted by molar-refractivity contribution is 5.10. The van der Waals surface area contributed by atoms with Gasteiger partial charge in [0.15, 0.2) is 5.79 Å². The maximum atomic E-state index is 8.48. The molecule has 1 fully saturated rings. The van der Waals surface area contributed by atoms with Crippen LogP contribution in [0.2, 0.25) is 0 Å². The molecule has 14 heavy (non-hydrogen) atoms. The zero-order valence-corrected chi connectivity index (χ0v) is 8.29. The molecule has 0 aromatic rings. The summed E-state index contributed by atoms with van der Waals surface area (Å²) in [6, 6.07) is 2.17. The van der Waals surface area contributed by atoms with Gasteiger partial charge in [-0.3, -0.25) is 0 Å². The van der Waals surface area contributed by atoms with Crippen LogP contribution in [0.1, 0.15) is 32.1 Å². The first-order valence-corrected chi connectivity index (χ1v) is 5.17. The topological polar surface area (TPSA) is 42.2 Å². The van der Waals surface area contributed by atoms with Gasteiger partial charge in [-0.25, -0.2) is 0 Å². The molecule has 0 amide bonds. The van der Waals surface area contributed by atoms with Crippen LogP contribution in [-0.4, -0.2) is 19.0 Å². The molecule has 76 valence electrons. The minimum Gasteiger partial charge on any atom is -0.347 e. The number of nitriles is 1. The van der Waals surface area contributed by atoms with E-state index in [4.69, 9.17) is 14.7 Å². The van der Waals surface area contributed by atoms with E-state index in [1.165, 1.54) is 5.57 Å². The summed E-state index contributed by atoms with van der Waals surface area (Å²) in [7, 11) is 0. The lowest BCUT2D eigenvalue weighted by Gasteiger charge is -2.30. The van der Waals surface area contributed by atoms with E-state index in [1.54, 1.807) is 0 Å². The molecular weight excluding hydrogens is 178 g/mol. The molecule has 0 unspecified atom stereocenters. The molecular formula is C11H15NO2. The molecule has 0 atom stereocenters. The van der Waals surface area contributed by atoms with E-state index in [9.17, 15) is 0 Å². The van der Waals surface area contributed by atoms with Gasteiger partial charge in [0, 0.05) is 19.3 Å². The quantitative estimate of drug-likeness (QED) is 0.631. The summed E-state index contributed by atoms with van der Waals surface area (Å²) in [5.41, 5.74) is 1.39. The molecule has 0 radical (unpaired) electrons. The molecule has 2 aliphatic rings. The smallest absolute Gasteiger partial charge is 0.172 e. The Hall–Kier alpha value is -0.850. The first kappa shape index (κ1) is 9.70. The van der Waals surface area contributed by atoms with Crippen molar-refractivity contribution in [2.24, 2.45) is 0 Å². The molecule has 1 spiro atoms. The molecule has 1 saturated heterocycles. The zero-order chi connectivity index (χ0) is 9.86. The standard InChI is InChI=1S/C11H15NO2/c12-7-1-2-10-3-5-11(6-4-10)13-8-9-14-11/h3H,1-2,4-6,8-9H2. The van der Waals surface area contributed by atoms with Crippen LogP contribution in [0.25, 0.3) is 0 Å².